The second kappa shape index (κ2) is 8.27. The quantitative estimate of drug-likeness (QED) is 0.827. The summed E-state index contributed by atoms with van der Waals surface area (Å²) in [5.41, 5.74) is 2.40. The van der Waals surface area contributed by atoms with Gasteiger partial charge in [-0.2, -0.15) is 5.26 Å². The van der Waals surface area contributed by atoms with Crippen molar-refractivity contribution in [3.05, 3.63) is 47.4 Å². The molecule has 2 N–H and O–H groups in total. The Bertz CT molecular complexity index is 966. The van der Waals surface area contributed by atoms with E-state index in [1.807, 2.05) is 23.1 Å². The molecule has 1 aromatic heterocycles. The molecule has 0 radical (unpaired) electrons. The Labute approximate surface area is 170 Å². The number of hydrogen-bond donors (Lipinski definition) is 2. The normalized spacial score (nSPS) is 20.4. The molecule has 2 aromatic rings. The number of benzene rings is 1. The van der Waals surface area contributed by atoms with E-state index >= 15 is 0 Å². The van der Waals surface area contributed by atoms with Crippen LogP contribution in [-0.2, 0) is 4.79 Å². The van der Waals surface area contributed by atoms with Crippen molar-refractivity contribution < 1.29 is 9.59 Å². The standard InChI is InChI=1S/C21H24N6O2/c1-5-17-12(2)20(26-19-11-24-15(9-22)10-25-19)16-8-14(21(29)23-4)6-7-18(16)27(17)13(3)28/h6-8,10-12,17,20H,5H2,1-4H3,(H,23,29)(H,25,26)/t12-,17-,20?/m0/s1. The number of nitrogens with zero attached hydrogens (tertiary/aromatic N) is 4. The van der Waals surface area contributed by atoms with Crippen LogP contribution in [0.4, 0.5) is 11.5 Å². The highest BCUT2D eigenvalue weighted by atomic mass is 16.2. The highest BCUT2D eigenvalue weighted by Gasteiger charge is 2.40. The van der Waals surface area contributed by atoms with Crippen molar-refractivity contribution in [1.29, 1.82) is 5.26 Å². The van der Waals surface area contributed by atoms with E-state index in [9.17, 15) is 9.59 Å². The Hall–Kier alpha value is -3.47. The van der Waals surface area contributed by atoms with Gasteiger partial charge in [0.05, 0.1) is 18.4 Å². The molecule has 0 saturated heterocycles. The van der Waals surface area contributed by atoms with E-state index in [2.05, 4.69) is 34.4 Å². The summed E-state index contributed by atoms with van der Waals surface area (Å²) in [5, 5.41) is 15.0. The Morgan fingerprint density at radius 3 is 2.59 bits per heavy atom. The maximum absolute atomic E-state index is 12.5. The molecule has 8 nitrogen and oxygen atoms in total. The monoisotopic (exact) mass is 392 g/mol. The molecule has 0 saturated carbocycles. The van der Waals surface area contributed by atoms with E-state index in [0.717, 1.165) is 17.7 Å². The lowest BCUT2D eigenvalue weighted by atomic mass is 9.80. The number of carbonyl (C=O) groups is 2. The van der Waals surface area contributed by atoms with Gasteiger partial charge in [0, 0.05) is 37.2 Å². The molecular weight excluding hydrogens is 368 g/mol. The number of aromatic nitrogens is 2. The molecule has 1 aromatic carbocycles. The third kappa shape index (κ3) is 3.76. The van der Waals surface area contributed by atoms with Crippen molar-refractivity contribution in [1.82, 2.24) is 15.3 Å². The third-order valence-electron chi connectivity index (χ3n) is 5.40. The van der Waals surface area contributed by atoms with Crippen molar-refractivity contribution in [3.63, 3.8) is 0 Å². The zero-order valence-corrected chi connectivity index (χ0v) is 16.9. The molecule has 0 aliphatic carbocycles. The van der Waals surface area contributed by atoms with E-state index in [4.69, 9.17) is 5.26 Å². The van der Waals surface area contributed by atoms with Crippen LogP contribution in [0.2, 0.25) is 0 Å². The first-order valence-corrected chi connectivity index (χ1v) is 9.55. The summed E-state index contributed by atoms with van der Waals surface area (Å²) < 4.78 is 0. The number of hydrogen-bond acceptors (Lipinski definition) is 6. The van der Waals surface area contributed by atoms with Crippen LogP contribution in [0.3, 0.4) is 0 Å². The van der Waals surface area contributed by atoms with Crippen molar-refractivity contribution in [3.8, 4) is 6.07 Å². The predicted octanol–water partition coefficient (Wildman–Crippen LogP) is 2.64. The van der Waals surface area contributed by atoms with Crippen LogP contribution in [0, 0.1) is 17.2 Å². The van der Waals surface area contributed by atoms with E-state index in [1.54, 1.807) is 20.0 Å². The summed E-state index contributed by atoms with van der Waals surface area (Å²) in [5.74, 6) is 0.357. The number of amides is 2. The first-order chi connectivity index (χ1) is 13.9. The van der Waals surface area contributed by atoms with Gasteiger partial charge >= 0.3 is 0 Å². The zero-order chi connectivity index (χ0) is 21.1. The zero-order valence-electron chi connectivity index (χ0n) is 16.9. The molecule has 0 bridgehead atoms. The van der Waals surface area contributed by atoms with Gasteiger partial charge in [-0.3, -0.25) is 9.59 Å². The summed E-state index contributed by atoms with van der Waals surface area (Å²) in [7, 11) is 1.58. The third-order valence-corrected chi connectivity index (χ3v) is 5.40. The second-order valence-electron chi connectivity index (χ2n) is 7.10. The van der Waals surface area contributed by atoms with E-state index in [-0.39, 0.29) is 35.5 Å². The number of carbonyl (C=O) groups excluding carboxylic acids is 2. The SMILES string of the molecule is CC[C@H]1[C@H](C)C(Nc2cnc(C#N)cn2)c2cc(C(=O)NC)ccc2N1C(C)=O. The lowest BCUT2D eigenvalue weighted by Gasteiger charge is -2.45. The molecular formula is C21H24N6O2. The molecule has 3 atom stereocenters. The molecule has 1 aliphatic heterocycles. The Morgan fingerprint density at radius 1 is 1.28 bits per heavy atom. The maximum atomic E-state index is 12.5. The van der Waals surface area contributed by atoms with Crippen molar-refractivity contribution in [2.24, 2.45) is 5.92 Å². The van der Waals surface area contributed by atoms with E-state index < -0.39 is 0 Å². The predicted molar refractivity (Wildman–Crippen MR) is 109 cm³/mol. The van der Waals surface area contributed by atoms with Crippen LogP contribution in [-0.4, -0.2) is 34.9 Å². The van der Waals surface area contributed by atoms with Gasteiger partial charge in [-0.05, 0) is 30.2 Å². The smallest absolute Gasteiger partial charge is 0.251 e. The Morgan fingerprint density at radius 2 is 2.03 bits per heavy atom. The van der Waals surface area contributed by atoms with Gasteiger partial charge in [0.15, 0.2) is 5.69 Å². The average Bonchev–Trinajstić information content (AvgIpc) is 2.74. The summed E-state index contributed by atoms with van der Waals surface area (Å²) in [6.45, 7) is 5.69. The fourth-order valence-corrected chi connectivity index (χ4v) is 4.01. The number of rotatable bonds is 4. The molecule has 3 rings (SSSR count). The second-order valence-corrected chi connectivity index (χ2v) is 7.10. The lowest BCUT2D eigenvalue weighted by Crippen LogP contribution is -2.49. The Balaban J connectivity index is 2.10. The lowest BCUT2D eigenvalue weighted by molar-refractivity contribution is -0.117. The molecule has 2 heterocycles. The van der Waals surface area contributed by atoms with Crippen LogP contribution in [0.25, 0.3) is 0 Å². The summed E-state index contributed by atoms with van der Waals surface area (Å²) in [6, 6.07) is 7.15. The highest BCUT2D eigenvalue weighted by Crippen LogP contribution is 2.43. The summed E-state index contributed by atoms with van der Waals surface area (Å²) in [4.78, 5) is 34.8. The minimum atomic E-state index is -0.190. The molecule has 1 unspecified atom stereocenters. The van der Waals surface area contributed by atoms with E-state index in [1.165, 1.54) is 12.4 Å². The summed E-state index contributed by atoms with van der Waals surface area (Å²) >= 11 is 0. The maximum Gasteiger partial charge on any atom is 0.251 e. The molecule has 1 aliphatic rings. The minimum absolute atomic E-state index is 0.00491. The van der Waals surface area contributed by atoms with Crippen LogP contribution < -0.4 is 15.5 Å². The van der Waals surface area contributed by atoms with E-state index in [0.29, 0.717) is 11.4 Å². The molecule has 150 valence electrons. The molecule has 2 amide bonds. The Kier molecular flexibility index (Phi) is 5.78. The number of nitrogens with one attached hydrogen (secondary N) is 2. The van der Waals surface area contributed by atoms with Crippen LogP contribution in [0.15, 0.2) is 30.6 Å². The van der Waals surface area contributed by atoms with Gasteiger partial charge in [-0.1, -0.05) is 13.8 Å². The minimum Gasteiger partial charge on any atom is -0.362 e. The number of nitriles is 1. The van der Waals surface area contributed by atoms with Crippen LogP contribution in [0.1, 0.15) is 54.8 Å². The highest BCUT2D eigenvalue weighted by molar-refractivity contribution is 5.97. The van der Waals surface area contributed by atoms with Gasteiger partial charge < -0.3 is 15.5 Å². The van der Waals surface area contributed by atoms with Crippen molar-refractivity contribution in [2.75, 3.05) is 17.3 Å². The average molecular weight is 392 g/mol. The van der Waals surface area contributed by atoms with Gasteiger partial charge in [-0.15, -0.1) is 0 Å². The van der Waals surface area contributed by atoms with Crippen LogP contribution >= 0.6 is 0 Å². The van der Waals surface area contributed by atoms with Crippen LogP contribution in [0.5, 0.6) is 0 Å². The number of fused-ring (bicyclic) bond motifs is 1. The molecule has 8 heteroatoms. The van der Waals surface area contributed by atoms with Crippen molar-refractivity contribution in [2.45, 2.75) is 39.3 Å². The molecule has 0 spiro atoms. The van der Waals surface area contributed by atoms with Gasteiger partial charge in [0.25, 0.3) is 5.91 Å². The molecule has 0 fully saturated rings. The largest absolute Gasteiger partial charge is 0.362 e. The van der Waals surface area contributed by atoms with Gasteiger partial charge in [-0.25, -0.2) is 9.97 Å². The fraction of sp³-hybridized carbons (Fsp3) is 0.381. The first-order valence-electron chi connectivity index (χ1n) is 9.55. The first kappa shape index (κ1) is 20.3. The topological polar surface area (TPSA) is 111 Å². The number of anilines is 2. The fourth-order valence-electron chi connectivity index (χ4n) is 4.01. The van der Waals surface area contributed by atoms with Crippen molar-refractivity contribution >= 4 is 23.3 Å². The molecule has 29 heavy (non-hydrogen) atoms. The van der Waals surface area contributed by atoms with Gasteiger partial charge in [0.2, 0.25) is 5.91 Å². The summed E-state index contributed by atoms with van der Waals surface area (Å²) in [6.07, 6.45) is 3.72. The van der Waals surface area contributed by atoms with Gasteiger partial charge in [0.1, 0.15) is 11.9 Å².